The van der Waals surface area contributed by atoms with Gasteiger partial charge in [-0.1, -0.05) is 97.7 Å². The SMILES string of the molecule is CC1(C)Oc2ccccc2O1.CC1(C)Oc2ccccc2O1.CCC.CCC.[B]C.[B]CCCC. The Balaban J connectivity index is 0. The Morgan fingerprint density at radius 3 is 0.943 bits per heavy atom. The summed E-state index contributed by atoms with van der Waals surface area (Å²) in [5.74, 6) is 2.33. The molecular formula is C29H48B2O4. The zero-order chi connectivity index (χ0) is 27.3. The maximum absolute atomic E-state index is 5.47. The summed E-state index contributed by atoms with van der Waals surface area (Å²) in [6, 6.07) is 15.4. The Labute approximate surface area is 218 Å². The molecule has 194 valence electrons. The normalized spacial score (nSPS) is 13.9. The van der Waals surface area contributed by atoms with Gasteiger partial charge in [-0.3, -0.25) is 0 Å². The van der Waals surface area contributed by atoms with Crippen LogP contribution in [0.4, 0.5) is 0 Å². The van der Waals surface area contributed by atoms with Crippen LogP contribution in [0, 0.1) is 0 Å². The van der Waals surface area contributed by atoms with Gasteiger partial charge in [0.25, 0.3) is 0 Å². The predicted molar refractivity (Wildman–Crippen MR) is 153 cm³/mol. The summed E-state index contributed by atoms with van der Waals surface area (Å²) in [5.41, 5.74) is 0. The highest BCUT2D eigenvalue weighted by molar-refractivity contribution is 6.08. The van der Waals surface area contributed by atoms with Gasteiger partial charge in [-0.2, -0.15) is 0 Å². The van der Waals surface area contributed by atoms with Crippen molar-refractivity contribution in [2.24, 2.45) is 0 Å². The van der Waals surface area contributed by atoms with E-state index in [1.807, 2.05) is 76.2 Å². The van der Waals surface area contributed by atoms with Gasteiger partial charge in [-0.15, -0.1) is 0 Å². The Kier molecular flexibility index (Phi) is 20.0. The molecule has 2 aliphatic rings. The van der Waals surface area contributed by atoms with Gasteiger partial charge < -0.3 is 18.9 Å². The summed E-state index contributed by atoms with van der Waals surface area (Å²) < 4.78 is 21.9. The molecule has 0 N–H and O–H groups in total. The fourth-order valence-corrected chi connectivity index (χ4v) is 2.54. The van der Waals surface area contributed by atoms with E-state index in [2.05, 4.69) is 42.5 Å². The average molecular weight is 482 g/mol. The predicted octanol–water partition coefficient (Wildman–Crippen LogP) is 8.80. The van der Waals surface area contributed by atoms with E-state index in [1.54, 1.807) is 0 Å². The molecule has 0 saturated heterocycles. The van der Waals surface area contributed by atoms with Gasteiger partial charge >= 0.3 is 0 Å². The van der Waals surface area contributed by atoms with Crippen LogP contribution >= 0.6 is 0 Å². The second-order valence-corrected chi connectivity index (χ2v) is 8.66. The van der Waals surface area contributed by atoms with E-state index < -0.39 is 11.6 Å². The lowest BCUT2D eigenvalue weighted by molar-refractivity contribution is -0.0437. The first-order valence-electron chi connectivity index (χ1n) is 12.8. The second kappa shape index (κ2) is 20.0. The van der Waals surface area contributed by atoms with Gasteiger partial charge in [0.1, 0.15) is 0 Å². The number of fused-ring (bicyclic) bond motifs is 2. The van der Waals surface area contributed by atoms with Crippen molar-refractivity contribution in [3.63, 3.8) is 0 Å². The van der Waals surface area contributed by atoms with Crippen LogP contribution in [0.5, 0.6) is 23.0 Å². The smallest absolute Gasteiger partial charge is 0.246 e. The zero-order valence-electron chi connectivity index (χ0n) is 23.9. The number of para-hydroxylation sites is 4. The quantitative estimate of drug-likeness (QED) is 0.401. The highest BCUT2D eigenvalue weighted by Gasteiger charge is 2.31. The van der Waals surface area contributed by atoms with Crippen LogP contribution < -0.4 is 18.9 Å². The van der Waals surface area contributed by atoms with Gasteiger partial charge in [0.2, 0.25) is 11.6 Å². The molecule has 0 amide bonds. The largest absolute Gasteiger partial charge is 0.449 e. The van der Waals surface area contributed by atoms with E-state index in [4.69, 9.17) is 26.8 Å². The molecule has 0 unspecified atom stereocenters. The number of unbranched alkanes of at least 4 members (excludes halogenated alkanes) is 1. The van der Waals surface area contributed by atoms with E-state index in [9.17, 15) is 0 Å². The van der Waals surface area contributed by atoms with Crippen LogP contribution in [-0.4, -0.2) is 27.3 Å². The molecule has 0 spiro atoms. The topological polar surface area (TPSA) is 36.9 Å². The molecule has 0 aliphatic carbocycles. The maximum atomic E-state index is 5.47. The van der Waals surface area contributed by atoms with E-state index >= 15 is 0 Å². The van der Waals surface area contributed by atoms with Crippen LogP contribution in [0.15, 0.2) is 48.5 Å². The molecular weight excluding hydrogens is 434 g/mol. The first kappa shape index (κ1) is 34.9. The highest BCUT2D eigenvalue weighted by Crippen LogP contribution is 2.39. The van der Waals surface area contributed by atoms with Crippen LogP contribution in [0.25, 0.3) is 0 Å². The molecule has 2 aromatic carbocycles. The van der Waals surface area contributed by atoms with Crippen molar-refractivity contribution >= 4 is 15.7 Å². The van der Waals surface area contributed by atoms with E-state index in [0.29, 0.717) is 0 Å². The van der Waals surface area contributed by atoms with Crippen molar-refractivity contribution in [2.75, 3.05) is 0 Å². The third-order valence-corrected chi connectivity index (χ3v) is 3.68. The minimum atomic E-state index is -0.496. The molecule has 2 heterocycles. The van der Waals surface area contributed by atoms with E-state index in [1.165, 1.54) is 32.5 Å². The summed E-state index contributed by atoms with van der Waals surface area (Å²) in [6.07, 6.45) is 5.73. The van der Waals surface area contributed by atoms with Gasteiger partial charge in [0.15, 0.2) is 23.0 Å². The molecule has 2 aromatic rings. The van der Waals surface area contributed by atoms with Crippen molar-refractivity contribution in [2.45, 2.75) is 113 Å². The lowest BCUT2D eigenvalue weighted by atomic mass is 10.0. The van der Waals surface area contributed by atoms with Crippen molar-refractivity contribution in [3.8, 4) is 23.0 Å². The molecule has 4 rings (SSSR count). The summed E-state index contributed by atoms with van der Waals surface area (Å²) in [5, 5.41) is 0. The highest BCUT2D eigenvalue weighted by atomic mass is 16.7. The Hall–Kier alpha value is -2.23. The second-order valence-electron chi connectivity index (χ2n) is 8.66. The molecule has 0 saturated carbocycles. The standard InChI is InChI=1S/2C9H10O2.C4H9B.2C3H8.CH3B/c2*1-9(2)10-7-5-3-4-6-8(7)11-9;1-2-3-4-5;2*1-3-2;1-2/h2*3-6H,1-2H3;2-4H2,1H3;2*3H2,1-2H3;1H3. The number of ether oxygens (including phenoxy) is 4. The van der Waals surface area contributed by atoms with E-state index in [0.717, 1.165) is 29.3 Å². The molecule has 2 aliphatic heterocycles. The van der Waals surface area contributed by atoms with Gasteiger partial charge in [-0.25, -0.2) is 0 Å². The Bertz CT molecular complexity index is 646. The molecule has 6 heteroatoms. The number of hydrogen-bond donors (Lipinski definition) is 0. The van der Waals surface area contributed by atoms with Crippen LogP contribution in [0.3, 0.4) is 0 Å². The fraction of sp³-hybridized carbons (Fsp3) is 0.586. The summed E-state index contributed by atoms with van der Waals surface area (Å²) in [6.45, 7) is 19.7. The molecule has 0 fully saturated rings. The number of benzene rings is 2. The van der Waals surface area contributed by atoms with Crippen LogP contribution in [0.1, 0.15) is 88.0 Å². The minimum absolute atomic E-state index is 0.496. The van der Waals surface area contributed by atoms with Crippen LogP contribution in [-0.2, 0) is 0 Å². The minimum Gasteiger partial charge on any atom is -0.449 e. The number of hydrogen-bond acceptors (Lipinski definition) is 4. The molecule has 35 heavy (non-hydrogen) atoms. The summed E-state index contributed by atoms with van der Waals surface area (Å²) >= 11 is 0. The maximum Gasteiger partial charge on any atom is 0.246 e. The van der Waals surface area contributed by atoms with Gasteiger partial charge in [-0.05, 0) is 24.3 Å². The zero-order valence-corrected chi connectivity index (χ0v) is 23.9. The first-order valence-corrected chi connectivity index (χ1v) is 12.8. The third-order valence-electron chi connectivity index (χ3n) is 3.68. The van der Waals surface area contributed by atoms with E-state index in [-0.39, 0.29) is 0 Å². The lowest BCUT2D eigenvalue weighted by Gasteiger charge is -2.16. The molecule has 0 aromatic heterocycles. The third kappa shape index (κ3) is 16.1. The number of rotatable bonds is 2. The summed E-state index contributed by atoms with van der Waals surface area (Å²) in [7, 11) is 9.64. The Morgan fingerprint density at radius 1 is 0.571 bits per heavy atom. The first-order chi connectivity index (χ1) is 16.6. The molecule has 4 nitrogen and oxygen atoms in total. The summed E-state index contributed by atoms with van der Waals surface area (Å²) in [4.78, 5) is 0. The van der Waals surface area contributed by atoms with Gasteiger partial charge in [0.05, 0.1) is 15.7 Å². The van der Waals surface area contributed by atoms with Crippen molar-refractivity contribution in [1.82, 2.24) is 0 Å². The monoisotopic (exact) mass is 482 g/mol. The molecule has 0 bridgehead atoms. The van der Waals surface area contributed by atoms with Crippen molar-refractivity contribution in [3.05, 3.63) is 48.5 Å². The van der Waals surface area contributed by atoms with Crippen molar-refractivity contribution < 1.29 is 18.9 Å². The van der Waals surface area contributed by atoms with Crippen LogP contribution in [0.2, 0.25) is 13.1 Å². The Morgan fingerprint density at radius 2 is 0.800 bits per heavy atom. The molecule has 4 radical (unpaired) electrons. The van der Waals surface area contributed by atoms with Crippen molar-refractivity contribution in [1.29, 1.82) is 0 Å². The molecule has 0 atom stereocenters. The fourth-order valence-electron chi connectivity index (χ4n) is 2.54. The van der Waals surface area contributed by atoms with Gasteiger partial charge in [0, 0.05) is 27.7 Å². The lowest BCUT2D eigenvalue weighted by Crippen LogP contribution is -2.29. The average Bonchev–Trinajstić information content (AvgIpc) is 3.30.